The average molecular weight is 435 g/mol. The number of rotatable bonds is 6. The smallest absolute Gasteiger partial charge is 0.306 e. The minimum absolute atomic E-state index is 0.170. The first-order valence-corrected chi connectivity index (χ1v) is 13.2. The van der Waals surface area contributed by atoms with E-state index in [1.54, 1.807) is 0 Å². The Morgan fingerprint density at radius 3 is 2.32 bits per heavy atom. The molecule has 0 amide bonds. The van der Waals surface area contributed by atoms with Crippen molar-refractivity contribution in [1.29, 1.82) is 0 Å². The van der Waals surface area contributed by atoms with E-state index >= 15 is 0 Å². The summed E-state index contributed by atoms with van der Waals surface area (Å²) in [6.45, 7) is 9.22. The van der Waals surface area contributed by atoms with Gasteiger partial charge >= 0.3 is 5.97 Å². The molecule has 11 atom stereocenters. The molecule has 4 saturated carbocycles. The summed E-state index contributed by atoms with van der Waals surface area (Å²) in [5.41, 5.74) is 0.610. The number of aliphatic hydroxyl groups is 2. The fourth-order valence-corrected chi connectivity index (χ4v) is 9.25. The number of aliphatic carboxylic acids is 1. The third-order valence-electron chi connectivity index (χ3n) is 11.1. The lowest BCUT2D eigenvalue weighted by molar-refractivity contribution is -0.174. The van der Waals surface area contributed by atoms with Crippen molar-refractivity contribution in [2.24, 2.45) is 52.3 Å². The van der Waals surface area contributed by atoms with E-state index in [1.165, 1.54) is 25.7 Å². The van der Waals surface area contributed by atoms with Gasteiger partial charge in [-0.1, -0.05) is 40.5 Å². The molecule has 0 heterocycles. The molecule has 0 bridgehead atoms. The lowest BCUT2D eigenvalue weighted by atomic mass is 9.43. The molecule has 0 spiro atoms. The molecule has 0 unspecified atom stereocenters. The van der Waals surface area contributed by atoms with Gasteiger partial charge in [0.05, 0.1) is 18.1 Å². The molecular formula is C27H46O4. The number of carbonyl (C=O) groups is 1. The number of carboxylic acid groups (broad SMARTS) is 1. The molecular weight excluding hydrogens is 388 g/mol. The molecule has 0 saturated heterocycles. The van der Waals surface area contributed by atoms with Crippen molar-refractivity contribution in [1.82, 2.24) is 0 Å². The average Bonchev–Trinajstić information content (AvgIpc) is 3.06. The fourth-order valence-electron chi connectivity index (χ4n) is 9.25. The van der Waals surface area contributed by atoms with Gasteiger partial charge < -0.3 is 15.3 Å². The van der Waals surface area contributed by atoms with Gasteiger partial charge in [0.25, 0.3) is 0 Å². The predicted octanol–water partition coefficient (Wildman–Crippen LogP) is 5.50. The Hall–Kier alpha value is -0.610. The van der Waals surface area contributed by atoms with Gasteiger partial charge in [0.15, 0.2) is 0 Å². The highest BCUT2D eigenvalue weighted by atomic mass is 16.4. The van der Waals surface area contributed by atoms with Crippen LogP contribution in [-0.4, -0.2) is 33.5 Å². The van der Waals surface area contributed by atoms with Gasteiger partial charge in [-0.25, -0.2) is 0 Å². The van der Waals surface area contributed by atoms with Crippen molar-refractivity contribution in [3.63, 3.8) is 0 Å². The third kappa shape index (κ3) is 3.98. The molecule has 0 aromatic carbocycles. The van der Waals surface area contributed by atoms with E-state index < -0.39 is 5.97 Å². The topological polar surface area (TPSA) is 77.8 Å². The largest absolute Gasteiger partial charge is 0.481 e. The van der Waals surface area contributed by atoms with Crippen LogP contribution in [0, 0.1) is 52.3 Å². The summed E-state index contributed by atoms with van der Waals surface area (Å²) in [5, 5.41) is 30.8. The minimum Gasteiger partial charge on any atom is -0.481 e. The maximum atomic E-state index is 11.3. The molecule has 31 heavy (non-hydrogen) atoms. The van der Waals surface area contributed by atoms with Crippen molar-refractivity contribution >= 4 is 5.97 Å². The Labute approximate surface area is 189 Å². The van der Waals surface area contributed by atoms with Crippen LogP contribution < -0.4 is 0 Å². The Kier molecular flexibility index (Phi) is 6.55. The zero-order chi connectivity index (χ0) is 22.6. The van der Waals surface area contributed by atoms with Gasteiger partial charge in [0, 0.05) is 0 Å². The predicted molar refractivity (Wildman–Crippen MR) is 122 cm³/mol. The van der Waals surface area contributed by atoms with Crippen LogP contribution in [0.1, 0.15) is 98.3 Å². The van der Waals surface area contributed by atoms with Gasteiger partial charge in [-0.2, -0.15) is 0 Å². The first-order chi connectivity index (χ1) is 14.6. The summed E-state index contributed by atoms with van der Waals surface area (Å²) in [6.07, 6.45) is 11.4. The molecule has 0 aromatic heterocycles. The first-order valence-electron chi connectivity index (χ1n) is 13.2. The van der Waals surface area contributed by atoms with Gasteiger partial charge in [-0.05, 0) is 104 Å². The van der Waals surface area contributed by atoms with Gasteiger partial charge in [0.2, 0.25) is 0 Å². The fraction of sp³-hybridized carbons (Fsp3) is 0.963. The number of carboxylic acids is 1. The van der Waals surface area contributed by atoms with Crippen molar-refractivity contribution in [2.75, 3.05) is 0 Å². The van der Waals surface area contributed by atoms with Crippen molar-refractivity contribution < 1.29 is 20.1 Å². The second kappa shape index (κ2) is 8.63. The Morgan fingerprint density at radius 1 is 0.935 bits per heavy atom. The zero-order valence-electron chi connectivity index (χ0n) is 20.2. The maximum Gasteiger partial charge on any atom is 0.306 e. The quantitative estimate of drug-likeness (QED) is 0.515. The molecule has 4 rings (SSSR count). The summed E-state index contributed by atoms with van der Waals surface area (Å²) < 4.78 is 0. The second-order valence-electron chi connectivity index (χ2n) is 12.6. The van der Waals surface area contributed by atoms with Crippen molar-refractivity contribution in [3.8, 4) is 0 Å². The highest BCUT2D eigenvalue weighted by molar-refractivity contribution is 5.69. The van der Waals surface area contributed by atoms with Crippen LogP contribution in [0.4, 0.5) is 0 Å². The minimum atomic E-state index is -0.674. The third-order valence-corrected chi connectivity index (χ3v) is 11.1. The molecule has 4 heteroatoms. The molecule has 0 aliphatic heterocycles. The van der Waals surface area contributed by atoms with E-state index in [4.69, 9.17) is 5.11 Å². The van der Waals surface area contributed by atoms with E-state index in [-0.39, 0.29) is 18.1 Å². The van der Waals surface area contributed by atoms with E-state index in [2.05, 4.69) is 20.8 Å². The SMILES string of the molecule is C[C@@H](CCC[C@H](C)[C@H]1CC[C@H]2[C@@H]3[C@@H](O)C[C@H]4C[C@H](O)CC[C@]4(C)[C@H]3CC[C@]12C)C(=O)O. The van der Waals surface area contributed by atoms with Crippen LogP contribution in [0.15, 0.2) is 0 Å². The molecule has 0 radical (unpaired) electrons. The standard InChI is InChI=1S/C27H46O4/c1-16(6-5-7-17(2)25(30)31)20-8-9-21-24-22(11-13-27(20,21)4)26(3)12-10-19(28)14-18(26)15-23(24)29/h16-24,28-29H,5-15H2,1-4H3,(H,30,31)/t16-,17-,18+,19+,20+,21-,22-,23-,24-,26-,27+/m0/s1. The summed E-state index contributed by atoms with van der Waals surface area (Å²) >= 11 is 0. The van der Waals surface area contributed by atoms with Crippen LogP contribution in [0.2, 0.25) is 0 Å². The maximum absolute atomic E-state index is 11.3. The normalized spacial score (nSPS) is 48.9. The van der Waals surface area contributed by atoms with Gasteiger partial charge in [-0.15, -0.1) is 0 Å². The van der Waals surface area contributed by atoms with Crippen molar-refractivity contribution in [2.45, 2.75) is 111 Å². The number of aliphatic hydroxyl groups excluding tert-OH is 2. The van der Waals surface area contributed by atoms with E-state index in [9.17, 15) is 15.0 Å². The second-order valence-corrected chi connectivity index (χ2v) is 12.6. The van der Waals surface area contributed by atoms with Crippen LogP contribution in [0.25, 0.3) is 0 Å². The zero-order valence-corrected chi connectivity index (χ0v) is 20.2. The summed E-state index contributed by atoms with van der Waals surface area (Å²) in [7, 11) is 0. The molecule has 178 valence electrons. The van der Waals surface area contributed by atoms with Gasteiger partial charge in [0.1, 0.15) is 0 Å². The molecule has 0 aromatic rings. The lowest BCUT2D eigenvalue weighted by Crippen LogP contribution is -2.58. The molecule has 4 aliphatic rings. The lowest BCUT2D eigenvalue weighted by Gasteiger charge is -2.62. The van der Waals surface area contributed by atoms with Crippen LogP contribution in [0.3, 0.4) is 0 Å². The van der Waals surface area contributed by atoms with Crippen LogP contribution >= 0.6 is 0 Å². The summed E-state index contributed by atoms with van der Waals surface area (Å²) in [4.78, 5) is 11.1. The monoisotopic (exact) mass is 434 g/mol. The Balaban J connectivity index is 1.46. The molecule has 4 nitrogen and oxygen atoms in total. The molecule has 4 fully saturated rings. The summed E-state index contributed by atoms with van der Waals surface area (Å²) in [5.74, 6) is 2.55. The highest BCUT2D eigenvalue weighted by Crippen LogP contribution is 2.68. The Bertz CT molecular complexity index is 664. The Morgan fingerprint density at radius 2 is 1.61 bits per heavy atom. The highest BCUT2D eigenvalue weighted by Gasteiger charge is 2.62. The molecule has 4 aliphatic carbocycles. The van der Waals surface area contributed by atoms with E-state index in [1.807, 2.05) is 6.92 Å². The molecule has 3 N–H and O–H groups in total. The van der Waals surface area contributed by atoms with E-state index in [0.717, 1.165) is 44.9 Å². The van der Waals surface area contributed by atoms with Gasteiger partial charge in [-0.3, -0.25) is 4.79 Å². The number of fused-ring (bicyclic) bond motifs is 5. The van der Waals surface area contributed by atoms with E-state index in [0.29, 0.717) is 46.3 Å². The van der Waals surface area contributed by atoms with Crippen LogP contribution in [-0.2, 0) is 4.79 Å². The number of hydrogen-bond acceptors (Lipinski definition) is 3. The van der Waals surface area contributed by atoms with Crippen molar-refractivity contribution in [3.05, 3.63) is 0 Å². The number of hydrogen-bond donors (Lipinski definition) is 3. The van der Waals surface area contributed by atoms with Crippen LogP contribution in [0.5, 0.6) is 0 Å². The first kappa shape index (κ1) is 23.5. The summed E-state index contributed by atoms with van der Waals surface area (Å²) in [6, 6.07) is 0.